The SMILES string of the molecule is CC[NH+]1CCC[C@H]1CN=CC1C(=O)N(c2ccccn2)C(=O)c2ccccc21. The maximum absolute atomic E-state index is 13.2. The number of rotatable bonds is 5. The average Bonchev–Trinajstić information content (AvgIpc) is 3.19. The molecule has 6 heteroatoms. The normalized spacial score (nSPS) is 24.8. The number of hydrogen-bond acceptors (Lipinski definition) is 4. The summed E-state index contributed by atoms with van der Waals surface area (Å²) in [6.45, 7) is 5.22. The molecule has 0 spiro atoms. The summed E-state index contributed by atoms with van der Waals surface area (Å²) in [5.74, 6) is -0.844. The Bertz CT molecular complexity index is 896. The third kappa shape index (κ3) is 3.36. The third-order valence-corrected chi connectivity index (χ3v) is 5.76. The first-order valence-corrected chi connectivity index (χ1v) is 9.93. The number of carbonyl (C=O) groups excluding carboxylic acids is 2. The van der Waals surface area contributed by atoms with Crippen molar-refractivity contribution >= 4 is 23.8 Å². The Morgan fingerprint density at radius 2 is 2.04 bits per heavy atom. The fourth-order valence-electron chi connectivity index (χ4n) is 4.27. The molecule has 1 aromatic carbocycles. The lowest BCUT2D eigenvalue weighted by molar-refractivity contribution is -0.908. The molecular formula is C22H25N4O2+. The molecular weight excluding hydrogens is 352 g/mol. The van der Waals surface area contributed by atoms with Crippen LogP contribution in [0.5, 0.6) is 0 Å². The van der Waals surface area contributed by atoms with Crippen LogP contribution in [0.25, 0.3) is 0 Å². The molecule has 2 amide bonds. The van der Waals surface area contributed by atoms with E-state index in [-0.39, 0.29) is 11.8 Å². The predicted octanol–water partition coefficient (Wildman–Crippen LogP) is 1.49. The molecule has 2 unspecified atom stereocenters. The number of pyridine rings is 1. The van der Waals surface area contributed by atoms with Gasteiger partial charge in [-0.05, 0) is 30.7 Å². The van der Waals surface area contributed by atoms with Gasteiger partial charge in [-0.2, -0.15) is 0 Å². The molecule has 0 saturated carbocycles. The Morgan fingerprint density at radius 1 is 1.21 bits per heavy atom. The molecule has 144 valence electrons. The number of hydrogen-bond donors (Lipinski definition) is 1. The van der Waals surface area contributed by atoms with E-state index in [1.54, 1.807) is 41.6 Å². The highest BCUT2D eigenvalue weighted by molar-refractivity contribution is 6.28. The Kier molecular flexibility index (Phi) is 5.30. The number of carbonyl (C=O) groups is 2. The second-order valence-corrected chi connectivity index (χ2v) is 7.35. The van der Waals surface area contributed by atoms with Crippen molar-refractivity contribution in [3.05, 3.63) is 59.8 Å². The number of aliphatic imine (C=N–C) groups is 1. The zero-order chi connectivity index (χ0) is 19.5. The summed E-state index contributed by atoms with van der Waals surface area (Å²) in [4.78, 5) is 37.8. The fourth-order valence-corrected chi connectivity index (χ4v) is 4.27. The maximum Gasteiger partial charge on any atom is 0.266 e. The summed E-state index contributed by atoms with van der Waals surface area (Å²) < 4.78 is 0. The Labute approximate surface area is 164 Å². The van der Waals surface area contributed by atoms with E-state index in [9.17, 15) is 9.59 Å². The lowest BCUT2D eigenvalue weighted by atomic mass is 9.89. The maximum atomic E-state index is 13.2. The van der Waals surface area contributed by atoms with E-state index in [2.05, 4.69) is 16.9 Å². The number of benzene rings is 1. The Balaban J connectivity index is 1.63. The van der Waals surface area contributed by atoms with E-state index < -0.39 is 5.92 Å². The van der Waals surface area contributed by atoms with Crippen molar-refractivity contribution in [1.29, 1.82) is 0 Å². The quantitative estimate of drug-likeness (QED) is 0.634. The molecule has 0 bridgehead atoms. The predicted molar refractivity (Wildman–Crippen MR) is 108 cm³/mol. The minimum Gasteiger partial charge on any atom is -0.331 e. The zero-order valence-corrected chi connectivity index (χ0v) is 16.0. The number of nitrogens with one attached hydrogen (secondary N) is 1. The van der Waals surface area contributed by atoms with Gasteiger partial charge in [0, 0.05) is 30.8 Å². The van der Waals surface area contributed by atoms with Gasteiger partial charge in [0.25, 0.3) is 5.91 Å². The van der Waals surface area contributed by atoms with E-state index in [1.165, 1.54) is 24.3 Å². The van der Waals surface area contributed by atoms with Gasteiger partial charge in [0.05, 0.1) is 25.6 Å². The van der Waals surface area contributed by atoms with Gasteiger partial charge in [0.2, 0.25) is 5.91 Å². The van der Waals surface area contributed by atoms with Crippen molar-refractivity contribution in [3.63, 3.8) is 0 Å². The summed E-state index contributed by atoms with van der Waals surface area (Å²) in [6.07, 6.45) is 5.72. The van der Waals surface area contributed by atoms with E-state index in [4.69, 9.17) is 0 Å². The van der Waals surface area contributed by atoms with Gasteiger partial charge in [-0.25, -0.2) is 9.88 Å². The minimum atomic E-state index is -0.567. The van der Waals surface area contributed by atoms with Crippen LogP contribution >= 0.6 is 0 Å². The second-order valence-electron chi connectivity index (χ2n) is 7.35. The van der Waals surface area contributed by atoms with Crippen LogP contribution in [0.2, 0.25) is 0 Å². The molecule has 3 atom stereocenters. The molecule has 2 aromatic rings. The lowest BCUT2D eigenvalue weighted by Crippen LogP contribution is -3.13. The topological polar surface area (TPSA) is 67.1 Å². The smallest absolute Gasteiger partial charge is 0.266 e. The summed E-state index contributed by atoms with van der Waals surface area (Å²) >= 11 is 0. The number of amides is 2. The van der Waals surface area contributed by atoms with Crippen molar-refractivity contribution in [2.75, 3.05) is 24.5 Å². The molecule has 6 nitrogen and oxygen atoms in total. The Morgan fingerprint density at radius 3 is 2.82 bits per heavy atom. The fraction of sp³-hybridized carbons (Fsp3) is 0.364. The molecule has 1 aromatic heterocycles. The average molecular weight is 377 g/mol. The van der Waals surface area contributed by atoms with Crippen molar-refractivity contribution in [3.8, 4) is 0 Å². The summed E-state index contributed by atoms with van der Waals surface area (Å²) in [7, 11) is 0. The first-order valence-electron chi connectivity index (χ1n) is 9.93. The van der Waals surface area contributed by atoms with Crippen LogP contribution in [-0.2, 0) is 4.79 Å². The van der Waals surface area contributed by atoms with Crippen molar-refractivity contribution in [1.82, 2.24) is 4.98 Å². The number of likely N-dealkylation sites (tertiary alicyclic amines) is 1. The van der Waals surface area contributed by atoms with Crippen LogP contribution < -0.4 is 9.80 Å². The number of anilines is 1. The number of likely N-dealkylation sites (N-methyl/N-ethyl adjacent to an activating group) is 1. The van der Waals surface area contributed by atoms with Gasteiger partial charge >= 0.3 is 0 Å². The molecule has 1 N–H and O–H groups in total. The van der Waals surface area contributed by atoms with E-state index in [0.717, 1.165) is 12.1 Å². The standard InChI is InChI=1S/C22H24N4O2/c1-2-25-13-7-8-16(25)14-23-15-19-17-9-3-4-10-18(17)21(27)26(22(19)28)20-11-5-6-12-24-20/h3-6,9-12,15-16,19H,2,7-8,13-14H2,1H3/p+1/t16-,19?/m0/s1. The molecule has 0 radical (unpaired) electrons. The van der Waals surface area contributed by atoms with Gasteiger partial charge in [-0.1, -0.05) is 24.3 Å². The van der Waals surface area contributed by atoms with Gasteiger partial charge in [0.15, 0.2) is 0 Å². The summed E-state index contributed by atoms with van der Waals surface area (Å²) in [5, 5.41) is 0. The highest BCUT2D eigenvalue weighted by Crippen LogP contribution is 2.30. The van der Waals surface area contributed by atoms with Crippen LogP contribution in [0, 0.1) is 0 Å². The third-order valence-electron chi connectivity index (χ3n) is 5.76. The molecule has 1 saturated heterocycles. The summed E-state index contributed by atoms with van der Waals surface area (Å²) in [6, 6.07) is 13.0. The van der Waals surface area contributed by atoms with Gasteiger partial charge in [-0.3, -0.25) is 14.6 Å². The first kappa shape index (κ1) is 18.5. The van der Waals surface area contributed by atoms with Crippen LogP contribution in [0.15, 0.2) is 53.7 Å². The van der Waals surface area contributed by atoms with Crippen molar-refractivity contribution in [2.45, 2.75) is 31.7 Å². The largest absolute Gasteiger partial charge is 0.331 e. The highest BCUT2D eigenvalue weighted by Gasteiger charge is 2.39. The van der Waals surface area contributed by atoms with Crippen LogP contribution in [-0.4, -0.2) is 48.7 Å². The number of fused-ring (bicyclic) bond motifs is 1. The number of imide groups is 1. The lowest BCUT2D eigenvalue weighted by Gasteiger charge is -2.30. The van der Waals surface area contributed by atoms with Crippen LogP contribution in [0.3, 0.4) is 0 Å². The summed E-state index contributed by atoms with van der Waals surface area (Å²) in [5.41, 5.74) is 1.26. The van der Waals surface area contributed by atoms with Gasteiger partial charge in [-0.15, -0.1) is 0 Å². The molecule has 1 fully saturated rings. The van der Waals surface area contributed by atoms with Crippen LogP contribution in [0.4, 0.5) is 5.82 Å². The van der Waals surface area contributed by atoms with Gasteiger partial charge in [0.1, 0.15) is 11.9 Å². The second kappa shape index (κ2) is 8.02. The first-order chi connectivity index (χ1) is 13.7. The number of aromatic nitrogens is 1. The molecule has 0 aliphatic carbocycles. The molecule has 2 aliphatic heterocycles. The van der Waals surface area contributed by atoms with Gasteiger partial charge < -0.3 is 4.90 Å². The van der Waals surface area contributed by atoms with Crippen LogP contribution in [0.1, 0.15) is 41.6 Å². The van der Waals surface area contributed by atoms with E-state index in [0.29, 0.717) is 24.0 Å². The Hall–Kier alpha value is -2.86. The molecule has 28 heavy (non-hydrogen) atoms. The number of quaternary nitrogens is 1. The monoisotopic (exact) mass is 377 g/mol. The molecule has 4 rings (SSSR count). The van der Waals surface area contributed by atoms with Crippen molar-refractivity contribution in [2.24, 2.45) is 4.99 Å². The van der Waals surface area contributed by atoms with E-state index in [1.807, 2.05) is 18.2 Å². The molecule has 3 heterocycles. The minimum absolute atomic E-state index is 0.294. The molecule has 2 aliphatic rings. The van der Waals surface area contributed by atoms with E-state index >= 15 is 0 Å². The highest BCUT2D eigenvalue weighted by atomic mass is 16.2. The van der Waals surface area contributed by atoms with Crippen molar-refractivity contribution < 1.29 is 14.5 Å². The zero-order valence-electron chi connectivity index (χ0n) is 16.0. The number of nitrogens with zero attached hydrogens (tertiary/aromatic N) is 3.